The molecule has 0 radical (unpaired) electrons. The van der Waals surface area contributed by atoms with Gasteiger partial charge >= 0.3 is 0 Å². The number of nitrogens with one attached hydrogen (secondary N) is 1. The van der Waals surface area contributed by atoms with Crippen molar-refractivity contribution < 1.29 is 4.74 Å². The number of aromatic nitrogens is 4. The summed E-state index contributed by atoms with van der Waals surface area (Å²) in [5.41, 5.74) is 2.65. The Morgan fingerprint density at radius 3 is 3.00 bits per heavy atom. The van der Waals surface area contributed by atoms with Gasteiger partial charge in [-0.1, -0.05) is 12.1 Å². The maximum absolute atomic E-state index is 5.35. The van der Waals surface area contributed by atoms with Crippen molar-refractivity contribution in [3.05, 3.63) is 54.3 Å². The summed E-state index contributed by atoms with van der Waals surface area (Å²) in [6.45, 7) is 0. The fourth-order valence-corrected chi connectivity index (χ4v) is 3.05. The summed E-state index contributed by atoms with van der Waals surface area (Å²) in [5, 5.41) is 6.08. The molecule has 1 N–H and O–H groups in total. The molecule has 0 saturated heterocycles. The standard InChI is InChI=1S/C16H13N5OS/c1-22-14-6-3-2-5-11(14)19-16-20-12(10-23-16)13-9-18-15-17-7-4-8-21(13)15/h2-10H,1H3,(H,19,20). The molecule has 0 aliphatic rings. The van der Waals surface area contributed by atoms with E-state index in [9.17, 15) is 0 Å². The smallest absolute Gasteiger partial charge is 0.234 e. The lowest BCUT2D eigenvalue weighted by Gasteiger charge is -2.07. The molecule has 0 bridgehead atoms. The molecule has 0 amide bonds. The van der Waals surface area contributed by atoms with E-state index < -0.39 is 0 Å². The summed E-state index contributed by atoms with van der Waals surface area (Å²) in [5.74, 6) is 1.44. The lowest BCUT2D eigenvalue weighted by Crippen LogP contribution is -1.94. The lowest BCUT2D eigenvalue weighted by atomic mass is 10.3. The van der Waals surface area contributed by atoms with Gasteiger partial charge < -0.3 is 10.1 Å². The van der Waals surface area contributed by atoms with Crippen molar-refractivity contribution in [3.8, 4) is 17.1 Å². The Balaban J connectivity index is 1.67. The van der Waals surface area contributed by atoms with Gasteiger partial charge in [-0.05, 0) is 18.2 Å². The Morgan fingerprint density at radius 1 is 1.17 bits per heavy atom. The zero-order valence-electron chi connectivity index (χ0n) is 12.3. The largest absolute Gasteiger partial charge is 0.495 e. The van der Waals surface area contributed by atoms with Crippen LogP contribution in [0.15, 0.2) is 54.3 Å². The predicted octanol–water partition coefficient (Wildman–Crippen LogP) is 3.61. The minimum absolute atomic E-state index is 0.662. The van der Waals surface area contributed by atoms with Gasteiger partial charge in [-0.2, -0.15) is 0 Å². The van der Waals surface area contributed by atoms with Gasteiger partial charge in [0.25, 0.3) is 0 Å². The van der Waals surface area contributed by atoms with Crippen molar-refractivity contribution >= 4 is 27.9 Å². The van der Waals surface area contributed by atoms with Crippen molar-refractivity contribution in [2.24, 2.45) is 0 Å². The fraction of sp³-hybridized carbons (Fsp3) is 0.0625. The lowest BCUT2D eigenvalue weighted by molar-refractivity contribution is 0.417. The Hall–Kier alpha value is -2.93. The van der Waals surface area contributed by atoms with Gasteiger partial charge in [0.15, 0.2) is 5.13 Å². The number of para-hydroxylation sites is 2. The van der Waals surface area contributed by atoms with Crippen LogP contribution < -0.4 is 10.1 Å². The van der Waals surface area contributed by atoms with Gasteiger partial charge in [-0.25, -0.2) is 15.0 Å². The number of nitrogens with zero attached hydrogens (tertiary/aromatic N) is 4. The van der Waals surface area contributed by atoms with Crippen molar-refractivity contribution in [2.45, 2.75) is 0 Å². The molecule has 1 aromatic carbocycles. The Labute approximate surface area is 136 Å². The monoisotopic (exact) mass is 323 g/mol. The van der Waals surface area contributed by atoms with E-state index in [2.05, 4.69) is 20.3 Å². The van der Waals surface area contributed by atoms with Crippen molar-refractivity contribution in [1.82, 2.24) is 19.4 Å². The van der Waals surface area contributed by atoms with Gasteiger partial charge in [-0.15, -0.1) is 11.3 Å². The molecule has 0 spiro atoms. The van der Waals surface area contributed by atoms with E-state index in [4.69, 9.17) is 4.74 Å². The highest BCUT2D eigenvalue weighted by molar-refractivity contribution is 7.14. The third-order valence-corrected chi connectivity index (χ3v) is 4.16. The number of benzene rings is 1. The second-order valence-corrected chi connectivity index (χ2v) is 5.65. The average Bonchev–Trinajstić information content (AvgIpc) is 3.22. The van der Waals surface area contributed by atoms with E-state index in [1.807, 2.05) is 46.3 Å². The molecule has 6 nitrogen and oxygen atoms in total. The summed E-state index contributed by atoms with van der Waals surface area (Å²) in [7, 11) is 1.65. The Kier molecular flexibility index (Phi) is 3.39. The zero-order valence-corrected chi connectivity index (χ0v) is 13.1. The van der Waals surface area contributed by atoms with Crippen LogP contribution in [0.5, 0.6) is 5.75 Å². The molecule has 4 rings (SSSR count). The summed E-state index contributed by atoms with van der Waals surface area (Å²) in [6, 6.07) is 9.63. The molecule has 114 valence electrons. The molecule has 0 saturated carbocycles. The van der Waals surface area contributed by atoms with Gasteiger partial charge in [-0.3, -0.25) is 4.40 Å². The molecule has 0 fully saturated rings. The summed E-state index contributed by atoms with van der Waals surface area (Å²) >= 11 is 1.53. The Morgan fingerprint density at radius 2 is 2.09 bits per heavy atom. The summed E-state index contributed by atoms with van der Waals surface area (Å²) in [4.78, 5) is 13.1. The van der Waals surface area contributed by atoms with Gasteiger partial charge in [0.2, 0.25) is 5.78 Å². The molecule has 0 aliphatic carbocycles. The maximum Gasteiger partial charge on any atom is 0.234 e. The number of thiazole rings is 1. The van der Waals surface area contributed by atoms with Crippen molar-refractivity contribution in [2.75, 3.05) is 12.4 Å². The van der Waals surface area contributed by atoms with Gasteiger partial charge in [0.05, 0.1) is 24.7 Å². The van der Waals surface area contributed by atoms with Crippen LogP contribution in [-0.2, 0) is 0 Å². The molecule has 0 unspecified atom stereocenters. The normalized spacial score (nSPS) is 10.8. The maximum atomic E-state index is 5.35. The van der Waals surface area contributed by atoms with E-state index in [1.165, 1.54) is 11.3 Å². The number of fused-ring (bicyclic) bond motifs is 1. The molecule has 4 aromatic rings. The number of hydrogen-bond acceptors (Lipinski definition) is 6. The first-order chi connectivity index (χ1) is 11.3. The molecular weight excluding hydrogens is 310 g/mol. The quantitative estimate of drug-likeness (QED) is 0.621. The van der Waals surface area contributed by atoms with Gasteiger partial charge in [0, 0.05) is 17.8 Å². The van der Waals surface area contributed by atoms with Crippen LogP contribution in [0.3, 0.4) is 0 Å². The summed E-state index contributed by atoms with van der Waals surface area (Å²) < 4.78 is 7.26. The van der Waals surface area contributed by atoms with E-state index in [0.717, 1.165) is 28.0 Å². The fourth-order valence-electron chi connectivity index (χ4n) is 2.33. The number of rotatable bonds is 4. The highest BCUT2D eigenvalue weighted by atomic mass is 32.1. The minimum Gasteiger partial charge on any atom is -0.495 e. The number of ether oxygens (including phenoxy) is 1. The molecule has 23 heavy (non-hydrogen) atoms. The molecular formula is C16H13N5OS. The van der Waals surface area contributed by atoms with E-state index in [1.54, 1.807) is 19.5 Å². The number of methoxy groups -OCH3 is 1. The first-order valence-electron chi connectivity index (χ1n) is 6.99. The van der Waals surface area contributed by atoms with Crippen LogP contribution in [0.25, 0.3) is 17.2 Å². The van der Waals surface area contributed by atoms with Crippen LogP contribution in [0.2, 0.25) is 0 Å². The zero-order chi connectivity index (χ0) is 15.6. The topological polar surface area (TPSA) is 64.3 Å². The molecule has 0 atom stereocenters. The first-order valence-corrected chi connectivity index (χ1v) is 7.87. The predicted molar refractivity (Wildman–Crippen MR) is 90.4 cm³/mol. The first kappa shape index (κ1) is 13.7. The van der Waals surface area contributed by atoms with E-state index in [0.29, 0.717) is 5.78 Å². The molecule has 3 aromatic heterocycles. The van der Waals surface area contributed by atoms with Crippen LogP contribution in [0, 0.1) is 0 Å². The summed E-state index contributed by atoms with van der Waals surface area (Å²) in [6.07, 6.45) is 5.43. The SMILES string of the molecule is COc1ccccc1Nc1nc(-c2cnc3ncccn23)cs1. The molecule has 0 aliphatic heterocycles. The number of hydrogen-bond donors (Lipinski definition) is 1. The van der Waals surface area contributed by atoms with Crippen molar-refractivity contribution in [1.29, 1.82) is 0 Å². The van der Waals surface area contributed by atoms with Crippen LogP contribution in [0.1, 0.15) is 0 Å². The second kappa shape index (κ2) is 5.69. The average molecular weight is 323 g/mol. The number of anilines is 2. The molecule has 7 heteroatoms. The number of imidazole rings is 1. The third-order valence-electron chi connectivity index (χ3n) is 3.40. The highest BCUT2D eigenvalue weighted by Crippen LogP contribution is 2.31. The van der Waals surface area contributed by atoms with Gasteiger partial charge in [0.1, 0.15) is 11.4 Å². The Bertz CT molecular complexity index is 962. The third kappa shape index (κ3) is 2.51. The molecule has 3 heterocycles. The minimum atomic E-state index is 0.662. The van der Waals surface area contributed by atoms with Crippen LogP contribution in [-0.4, -0.2) is 26.5 Å². The van der Waals surface area contributed by atoms with E-state index >= 15 is 0 Å². The highest BCUT2D eigenvalue weighted by Gasteiger charge is 2.11. The van der Waals surface area contributed by atoms with E-state index in [-0.39, 0.29) is 0 Å². The van der Waals surface area contributed by atoms with Crippen molar-refractivity contribution in [3.63, 3.8) is 0 Å². The second-order valence-electron chi connectivity index (χ2n) is 4.80. The van der Waals surface area contributed by atoms with Crippen LogP contribution in [0.4, 0.5) is 10.8 Å². The van der Waals surface area contributed by atoms with Crippen LogP contribution >= 0.6 is 11.3 Å².